The molecule has 2 fully saturated rings. The molecule has 7 heteroatoms. The van der Waals surface area contributed by atoms with E-state index in [0.29, 0.717) is 30.8 Å². The Morgan fingerprint density at radius 1 is 1.35 bits per heavy atom. The fraction of sp³-hybridized carbons (Fsp3) is 0.562. The zero-order chi connectivity index (χ0) is 16.3. The number of ether oxygens (including phenoxy) is 1. The third-order valence-electron chi connectivity index (χ3n) is 4.27. The normalized spacial score (nSPS) is 23.1. The van der Waals surface area contributed by atoms with Crippen molar-refractivity contribution in [3.05, 3.63) is 29.8 Å². The van der Waals surface area contributed by atoms with Crippen molar-refractivity contribution in [2.24, 2.45) is 0 Å². The molecular formula is C16H22N2O4S. The van der Waals surface area contributed by atoms with Crippen molar-refractivity contribution in [2.45, 2.75) is 31.8 Å². The molecule has 3 rings (SSSR count). The summed E-state index contributed by atoms with van der Waals surface area (Å²) in [6.45, 7) is 1.85. The molecule has 0 bridgehead atoms. The van der Waals surface area contributed by atoms with Crippen LogP contribution in [0.5, 0.6) is 0 Å². The molecule has 0 unspecified atom stereocenters. The molecule has 0 saturated carbocycles. The van der Waals surface area contributed by atoms with E-state index >= 15 is 0 Å². The summed E-state index contributed by atoms with van der Waals surface area (Å²) in [6.07, 6.45) is 3.83. The predicted molar refractivity (Wildman–Crippen MR) is 88.1 cm³/mol. The molecule has 6 nitrogen and oxygen atoms in total. The van der Waals surface area contributed by atoms with E-state index in [4.69, 9.17) is 4.74 Å². The quantitative estimate of drug-likeness (QED) is 0.883. The lowest BCUT2D eigenvalue weighted by Gasteiger charge is -2.17. The number of hydrogen-bond donors (Lipinski definition) is 1. The van der Waals surface area contributed by atoms with E-state index in [1.54, 1.807) is 24.3 Å². The van der Waals surface area contributed by atoms with E-state index < -0.39 is 10.0 Å². The van der Waals surface area contributed by atoms with Crippen molar-refractivity contribution >= 4 is 21.6 Å². The van der Waals surface area contributed by atoms with Gasteiger partial charge in [-0.15, -0.1) is 0 Å². The number of anilines is 1. The summed E-state index contributed by atoms with van der Waals surface area (Å²) < 4.78 is 30.9. The topological polar surface area (TPSA) is 75.7 Å². The molecule has 2 aliphatic rings. The van der Waals surface area contributed by atoms with E-state index in [-0.39, 0.29) is 17.8 Å². The third kappa shape index (κ3) is 3.84. The minimum atomic E-state index is -3.23. The second-order valence-electron chi connectivity index (χ2n) is 5.97. The molecule has 0 aliphatic carbocycles. The lowest BCUT2D eigenvalue weighted by Crippen LogP contribution is -2.28. The number of hydrogen-bond acceptors (Lipinski definition) is 4. The highest BCUT2D eigenvalue weighted by molar-refractivity contribution is 7.93. The van der Waals surface area contributed by atoms with Crippen LogP contribution in [-0.4, -0.2) is 45.9 Å². The number of nitrogens with one attached hydrogen (secondary N) is 1. The first-order chi connectivity index (χ1) is 11.1. The van der Waals surface area contributed by atoms with Gasteiger partial charge in [-0.1, -0.05) is 6.07 Å². The van der Waals surface area contributed by atoms with Gasteiger partial charge in [-0.05, 0) is 43.9 Å². The maximum absolute atomic E-state index is 12.2. The van der Waals surface area contributed by atoms with Gasteiger partial charge >= 0.3 is 0 Å². The summed E-state index contributed by atoms with van der Waals surface area (Å²) in [5.74, 6) is -0.00778. The Morgan fingerprint density at radius 3 is 2.91 bits per heavy atom. The van der Waals surface area contributed by atoms with E-state index in [1.165, 1.54) is 4.31 Å². The number of sulfonamides is 1. The monoisotopic (exact) mass is 338 g/mol. The van der Waals surface area contributed by atoms with Crippen molar-refractivity contribution < 1.29 is 17.9 Å². The van der Waals surface area contributed by atoms with Gasteiger partial charge in [0.2, 0.25) is 10.0 Å². The number of nitrogens with zero attached hydrogens (tertiary/aromatic N) is 1. The molecule has 2 aliphatic heterocycles. The summed E-state index contributed by atoms with van der Waals surface area (Å²) in [4.78, 5) is 12.2. The largest absolute Gasteiger partial charge is 0.378 e. The molecule has 1 aromatic carbocycles. The number of amides is 1. The number of rotatable bonds is 5. The molecule has 0 aromatic heterocycles. The van der Waals surface area contributed by atoms with Crippen LogP contribution in [0.25, 0.3) is 0 Å². The number of carbonyl (C=O) groups is 1. The smallest absolute Gasteiger partial charge is 0.251 e. The SMILES string of the molecule is O=C(NCC[C@H]1CCCO1)c1cccc(N2CCCS2(=O)=O)c1. The van der Waals surface area contributed by atoms with Gasteiger partial charge in [-0.2, -0.15) is 0 Å². The first kappa shape index (κ1) is 16.3. The van der Waals surface area contributed by atoms with Crippen molar-refractivity contribution in [1.29, 1.82) is 0 Å². The summed E-state index contributed by atoms with van der Waals surface area (Å²) in [6, 6.07) is 6.79. The van der Waals surface area contributed by atoms with Crippen LogP contribution in [-0.2, 0) is 14.8 Å². The van der Waals surface area contributed by atoms with Gasteiger partial charge in [0, 0.05) is 25.3 Å². The minimum Gasteiger partial charge on any atom is -0.378 e. The highest BCUT2D eigenvalue weighted by Crippen LogP contribution is 2.24. The fourth-order valence-corrected chi connectivity index (χ4v) is 4.61. The van der Waals surface area contributed by atoms with Crippen LogP contribution in [0.3, 0.4) is 0 Å². The molecule has 2 heterocycles. The molecule has 1 atom stereocenters. The van der Waals surface area contributed by atoms with Crippen LogP contribution in [0, 0.1) is 0 Å². The van der Waals surface area contributed by atoms with Crippen molar-refractivity contribution in [3.63, 3.8) is 0 Å². The molecule has 0 radical (unpaired) electrons. The molecule has 2 saturated heterocycles. The summed E-state index contributed by atoms with van der Waals surface area (Å²) in [5.41, 5.74) is 1.05. The average Bonchev–Trinajstić information content (AvgIpc) is 3.16. The van der Waals surface area contributed by atoms with Crippen molar-refractivity contribution in [2.75, 3.05) is 29.8 Å². The van der Waals surface area contributed by atoms with Crippen molar-refractivity contribution in [1.82, 2.24) is 5.32 Å². The Kier molecular flexibility index (Phi) is 4.87. The highest BCUT2D eigenvalue weighted by Gasteiger charge is 2.28. The van der Waals surface area contributed by atoms with Crippen LogP contribution < -0.4 is 9.62 Å². The van der Waals surface area contributed by atoms with Gasteiger partial charge < -0.3 is 10.1 Å². The first-order valence-electron chi connectivity index (χ1n) is 8.06. The van der Waals surface area contributed by atoms with Crippen LogP contribution in [0.15, 0.2) is 24.3 Å². The summed E-state index contributed by atoms with van der Waals surface area (Å²) in [7, 11) is -3.23. The standard InChI is InChI=1S/C16H22N2O4S/c19-16(17-8-7-15-6-2-10-22-15)13-4-1-5-14(12-13)18-9-3-11-23(18,20)21/h1,4-5,12,15H,2-3,6-11H2,(H,17,19)/t15-/m1/s1. The van der Waals surface area contributed by atoms with Crippen LogP contribution in [0.2, 0.25) is 0 Å². The van der Waals surface area contributed by atoms with Crippen molar-refractivity contribution in [3.8, 4) is 0 Å². The zero-order valence-electron chi connectivity index (χ0n) is 13.0. The Balaban J connectivity index is 1.61. The summed E-state index contributed by atoms with van der Waals surface area (Å²) in [5, 5.41) is 2.88. The molecule has 1 N–H and O–H groups in total. The third-order valence-corrected chi connectivity index (χ3v) is 6.14. The average molecular weight is 338 g/mol. The second kappa shape index (κ2) is 6.88. The molecular weight excluding hydrogens is 316 g/mol. The Labute approximate surface area is 136 Å². The van der Waals surface area contributed by atoms with E-state index in [2.05, 4.69) is 5.32 Å². The Morgan fingerprint density at radius 2 is 2.22 bits per heavy atom. The molecule has 126 valence electrons. The maximum Gasteiger partial charge on any atom is 0.251 e. The molecule has 0 spiro atoms. The van der Waals surface area contributed by atoms with Gasteiger partial charge in [0.05, 0.1) is 17.5 Å². The lowest BCUT2D eigenvalue weighted by atomic mass is 10.1. The van der Waals surface area contributed by atoms with Gasteiger partial charge in [0.1, 0.15) is 0 Å². The zero-order valence-corrected chi connectivity index (χ0v) is 13.8. The van der Waals surface area contributed by atoms with Gasteiger partial charge in [-0.3, -0.25) is 9.10 Å². The second-order valence-corrected chi connectivity index (χ2v) is 7.98. The predicted octanol–water partition coefficient (Wildman–Crippen LogP) is 1.53. The fourth-order valence-electron chi connectivity index (χ4n) is 3.05. The lowest BCUT2D eigenvalue weighted by molar-refractivity contribution is 0.0907. The van der Waals surface area contributed by atoms with E-state index in [1.807, 2.05) is 0 Å². The summed E-state index contributed by atoms with van der Waals surface area (Å²) >= 11 is 0. The molecule has 23 heavy (non-hydrogen) atoms. The molecule has 1 amide bonds. The van der Waals surface area contributed by atoms with E-state index in [9.17, 15) is 13.2 Å². The van der Waals surface area contributed by atoms with E-state index in [0.717, 1.165) is 25.9 Å². The number of benzene rings is 1. The Bertz CT molecular complexity index is 668. The van der Waals surface area contributed by atoms with Crippen LogP contribution in [0.1, 0.15) is 36.0 Å². The maximum atomic E-state index is 12.2. The highest BCUT2D eigenvalue weighted by atomic mass is 32.2. The first-order valence-corrected chi connectivity index (χ1v) is 9.67. The molecule has 1 aromatic rings. The minimum absolute atomic E-state index is 0.171. The van der Waals surface area contributed by atoms with Crippen LogP contribution in [0.4, 0.5) is 5.69 Å². The van der Waals surface area contributed by atoms with Crippen LogP contribution >= 0.6 is 0 Å². The van der Waals surface area contributed by atoms with Gasteiger partial charge in [0.15, 0.2) is 0 Å². The Hall–Kier alpha value is -1.60. The van der Waals surface area contributed by atoms with Gasteiger partial charge in [0.25, 0.3) is 5.91 Å². The van der Waals surface area contributed by atoms with Gasteiger partial charge in [-0.25, -0.2) is 8.42 Å². The number of carbonyl (C=O) groups excluding carboxylic acids is 1.